The van der Waals surface area contributed by atoms with Gasteiger partial charge in [-0.15, -0.1) is 0 Å². The van der Waals surface area contributed by atoms with Crippen molar-refractivity contribution in [3.05, 3.63) is 64.7 Å². The second-order valence-corrected chi connectivity index (χ2v) is 6.04. The lowest BCUT2D eigenvalue weighted by molar-refractivity contribution is 0.0697. The van der Waals surface area contributed by atoms with Gasteiger partial charge in [0.15, 0.2) is 0 Å². The highest BCUT2D eigenvalue weighted by molar-refractivity contribution is 5.87. The number of carboxylic acid groups (broad SMARTS) is 1. The third kappa shape index (κ3) is 3.94. The Bertz CT molecular complexity index is 757. The Balaban J connectivity index is 2.31. The summed E-state index contributed by atoms with van der Waals surface area (Å²) in [5.41, 5.74) is 3.20. The van der Waals surface area contributed by atoms with Gasteiger partial charge in [-0.25, -0.2) is 4.79 Å². The largest absolute Gasteiger partial charge is 0.496 e. The molecule has 0 bridgehead atoms. The van der Waals surface area contributed by atoms with Crippen molar-refractivity contribution in [3.63, 3.8) is 0 Å². The molecule has 1 atom stereocenters. The molecule has 0 spiro atoms. The lowest BCUT2D eigenvalue weighted by Gasteiger charge is -2.15. The van der Waals surface area contributed by atoms with Crippen molar-refractivity contribution in [3.8, 4) is 11.8 Å². The molecule has 4 heteroatoms. The molecule has 0 saturated carbocycles. The summed E-state index contributed by atoms with van der Waals surface area (Å²) in [6, 6.07) is 14.8. The molecule has 0 aliphatic carbocycles. The van der Waals surface area contributed by atoms with E-state index in [-0.39, 0.29) is 11.5 Å². The van der Waals surface area contributed by atoms with Crippen molar-refractivity contribution in [1.29, 1.82) is 5.26 Å². The van der Waals surface area contributed by atoms with E-state index in [2.05, 4.69) is 26.0 Å². The standard InChI is InChI=1S/C20H21NO3/c1-13(2)16-8-9-19(24-3)17(10-16)11-18(12-21)14-4-6-15(7-5-14)20(22)23/h4-10,13,18H,11H2,1-3H3,(H,22,23). The van der Waals surface area contributed by atoms with E-state index in [9.17, 15) is 10.1 Å². The number of hydrogen-bond acceptors (Lipinski definition) is 3. The first-order valence-electron chi connectivity index (χ1n) is 7.86. The average molecular weight is 323 g/mol. The van der Waals surface area contributed by atoms with E-state index in [0.29, 0.717) is 12.3 Å². The van der Waals surface area contributed by atoms with Gasteiger partial charge in [-0.05, 0) is 47.2 Å². The number of benzene rings is 2. The Labute approximate surface area is 142 Å². The molecule has 0 saturated heterocycles. The lowest BCUT2D eigenvalue weighted by Crippen LogP contribution is -2.04. The summed E-state index contributed by atoms with van der Waals surface area (Å²) < 4.78 is 5.42. The van der Waals surface area contributed by atoms with Gasteiger partial charge in [-0.1, -0.05) is 38.1 Å². The molecule has 1 unspecified atom stereocenters. The summed E-state index contributed by atoms with van der Waals surface area (Å²) in [6.07, 6.45) is 0.520. The first kappa shape index (κ1) is 17.6. The Kier molecular flexibility index (Phi) is 5.59. The minimum absolute atomic E-state index is 0.217. The van der Waals surface area contributed by atoms with Gasteiger partial charge in [0, 0.05) is 0 Å². The average Bonchev–Trinajstić information content (AvgIpc) is 2.59. The number of nitriles is 1. The Morgan fingerprint density at radius 1 is 1.17 bits per heavy atom. The summed E-state index contributed by atoms with van der Waals surface area (Å²) in [7, 11) is 1.62. The number of methoxy groups -OCH3 is 1. The maximum Gasteiger partial charge on any atom is 0.335 e. The van der Waals surface area contributed by atoms with Gasteiger partial charge in [0.2, 0.25) is 0 Å². The van der Waals surface area contributed by atoms with Gasteiger partial charge < -0.3 is 9.84 Å². The molecular weight excluding hydrogens is 302 g/mol. The highest BCUT2D eigenvalue weighted by atomic mass is 16.5. The SMILES string of the molecule is COc1ccc(C(C)C)cc1CC(C#N)c1ccc(C(=O)O)cc1. The van der Waals surface area contributed by atoms with Crippen LogP contribution in [0.25, 0.3) is 0 Å². The Morgan fingerprint density at radius 2 is 1.79 bits per heavy atom. The van der Waals surface area contributed by atoms with Crippen molar-refractivity contribution < 1.29 is 14.6 Å². The minimum Gasteiger partial charge on any atom is -0.496 e. The summed E-state index contributed by atoms with van der Waals surface area (Å²) in [5, 5.41) is 18.5. The summed E-state index contributed by atoms with van der Waals surface area (Å²) in [4.78, 5) is 10.9. The highest BCUT2D eigenvalue weighted by Gasteiger charge is 2.16. The molecular formula is C20H21NO3. The fourth-order valence-electron chi connectivity index (χ4n) is 2.63. The number of rotatable bonds is 6. The number of aromatic carboxylic acids is 1. The van der Waals surface area contributed by atoms with E-state index >= 15 is 0 Å². The second kappa shape index (κ2) is 7.65. The highest BCUT2D eigenvalue weighted by Crippen LogP contribution is 2.29. The number of hydrogen-bond donors (Lipinski definition) is 1. The monoisotopic (exact) mass is 323 g/mol. The smallest absolute Gasteiger partial charge is 0.335 e. The molecule has 0 aliphatic heterocycles. The van der Waals surface area contributed by atoms with Gasteiger partial charge >= 0.3 is 5.97 Å². The van der Waals surface area contributed by atoms with E-state index < -0.39 is 5.97 Å². The molecule has 24 heavy (non-hydrogen) atoms. The van der Waals surface area contributed by atoms with E-state index in [0.717, 1.165) is 16.9 Å². The number of nitrogens with zero attached hydrogens (tertiary/aromatic N) is 1. The van der Waals surface area contributed by atoms with E-state index in [1.807, 2.05) is 12.1 Å². The Hall–Kier alpha value is -2.80. The molecule has 0 radical (unpaired) electrons. The topological polar surface area (TPSA) is 70.3 Å². The van der Waals surface area contributed by atoms with E-state index in [1.54, 1.807) is 19.2 Å². The van der Waals surface area contributed by atoms with Crippen LogP contribution in [0.3, 0.4) is 0 Å². The molecule has 1 N–H and O–H groups in total. The fraction of sp³-hybridized carbons (Fsp3) is 0.300. The van der Waals surface area contributed by atoms with Crippen molar-refractivity contribution in [1.82, 2.24) is 0 Å². The van der Waals surface area contributed by atoms with Gasteiger partial charge in [0.25, 0.3) is 0 Å². The van der Waals surface area contributed by atoms with Crippen molar-refractivity contribution in [2.45, 2.75) is 32.1 Å². The van der Waals surface area contributed by atoms with Crippen LogP contribution in [0, 0.1) is 11.3 Å². The molecule has 0 heterocycles. The zero-order chi connectivity index (χ0) is 17.7. The van der Waals surface area contributed by atoms with Crippen LogP contribution in [-0.2, 0) is 6.42 Å². The first-order valence-corrected chi connectivity index (χ1v) is 7.86. The molecule has 2 aromatic rings. The summed E-state index contributed by atoms with van der Waals surface area (Å²) in [5.74, 6) is -0.169. The van der Waals surface area contributed by atoms with Crippen LogP contribution in [0.5, 0.6) is 5.75 Å². The normalized spacial score (nSPS) is 11.8. The zero-order valence-corrected chi connectivity index (χ0v) is 14.1. The van der Waals surface area contributed by atoms with Crippen LogP contribution in [0.15, 0.2) is 42.5 Å². The molecule has 4 nitrogen and oxygen atoms in total. The van der Waals surface area contributed by atoms with Crippen molar-refractivity contribution >= 4 is 5.97 Å². The van der Waals surface area contributed by atoms with Crippen LogP contribution >= 0.6 is 0 Å². The molecule has 0 aromatic heterocycles. The van der Waals surface area contributed by atoms with Crippen molar-refractivity contribution in [2.75, 3.05) is 7.11 Å². The second-order valence-electron chi connectivity index (χ2n) is 6.04. The summed E-state index contributed by atoms with van der Waals surface area (Å²) in [6.45, 7) is 4.25. The molecule has 0 amide bonds. The maximum atomic E-state index is 10.9. The van der Waals surface area contributed by atoms with Gasteiger partial charge in [0.05, 0.1) is 24.7 Å². The Morgan fingerprint density at radius 3 is 2.29 bits per heavy atom. The molecule has 0 aliphatic rings. The van der Waals surface area contributed by atoms with Crippen LogP contribution in [-0.4, -0.2) is 18.2 Å². The molecule has 2 rings (SSSR count). The molecule has 124 valence electrons. The maximum absolute atomic E-state index is 10.9. The van der Waals surface area contributed by atoms with Gasteiger partial charge in [0.1, 0.15) is 5.75 Å². The van der Waals surface area contributed by atoms with Gasteiger partial charge in [-0.3, -0.25) is 0 Å². The van der Waals surface area contributed by atoms with Crippen LogP contribution in [0.1, 0.15) is 52.7 Å². The fourth-order valence-corrected chi connectivity index (χ4v) is 2.63. The van der Waals surface area contributed by atoms with Crippen LogP contribution in [0.2, 0.25) is 0 Å². The van der Waals surface area contributed by atoms with E-state index in [4.69, 9.17) is 9.84 Å². The van der Waals surface area contributed by atoms with Crippen LogP contribution < -0.4 is 4.74 Å². The van der Waals surface area contributed by atoms with Gasteiger partial charge in [-0.2, -0.15) is 5.26 Å². The molecule has 2 aromatic carbocycles. The zero-order valence-electron chi connectivity index (χ0n) is 14.1. The van der Waals surface area contributed by atoms with E-state index in [1.165, 1.54) is 17.7 Å². The third-order valence-electron chi connectivity index (χ3n) is 4.11. The van der Waals surface area contributed by atoms with Crippen LogP contribution in [0.4, 0.5) is 0 Å². The predicted octanol–water partition coefficient (Wildman–Crippen LogP) is 4.37. The number of carbonyl (C=O) groups is 1. The number of ether oxygens (including phenoxy) is 1. The van der Waals surface area contributed by atoms with Crippen molar-refractivity contribution in [2.24, 2.45) is 0 Å². The third-order valence-corrected chi connectivity index (χ3v) is 4.11. The molecule has 0 fully saturated rings. The number of carboxylic acids is 1. The lowest BCUT2D eigenvalue weighted by atomic mass is 9.90. The minimum atomic E-state index is -0.971. The summed E-state index contributed by atoms with van der Waals surface area (Å²) >= 11 is 0. The first-order chi connectivity index (χ1) is 11.5. The quantitative estimate of drug-likeness (QED) is 0.857. The predicted molar refractivity (Wildman–Crippen MR) is 92.5 cm³/mol.